The number of ether oxygens (including phenoxy) is 1. The molecule has 1 saturated heterocycles. The third-order valence-electron chi connectivity index (χ3n) is 7.34. The number of aromatic hydroxyl groups is 1. The van der Waals surface area contributed by atoms with Crippen LogP contribution >= 0.6 is 0 Å². The molecule has 2 aliphatic rings. The molecule has 2 aromatic heterocycles. The lowest BCUT2D eigenvalue weighted by Gasteiger charge is -2.44. The van der Waals surface area contributed by atoms with E-state index in [9.17, 15) is 28.7 Å². The van der Waals surface area contributed by atoms with Gasteiger partial charge in [0.1, 0.15) is 29.4 Å². The van der Waals surface area contributed by atoms with Crippen LogP contribution in [0.25, 0.3) is 5.69 Å². The van der Waals surface area contributed by atoms with Crippen LogP contribution in [0, 0.1) is 12.7 Å². The Morgan fingerprint density at radius 1 is 1.20 bits per heavy atom. The molecule has 2 aliphatic heterocycles. The average molecular weight is 569 g/mol. The second kappa shape index (κ2) is 10.7. The monoisotopic (exact) mass is 568 g/mol. The minimum atomic E-state index is -1.09. The summed E-state index contributed by atoms with van der Waals surface area (Å²) >= 11 is 0. The molecule has 0 aliphatic carbocycles. The summed E-state index contributed by atoms with van der Waals surface area (Å²) in [4.78, 5) is 62.1. The van der Waals surface area contributed by atoms with Gasteiger partial charge in [-0.25, -0.2) is 19.0 Å². The molecule has 0 saturated carbocycles. The quantitative estimate of drug-likeness (QED) is 0.407. The topological polar surface area (TPSA) is 165 Å². The minimum absolute atomic E-state index is 0.0914. The van der Waals surface area contributed by atoms with E-state index >= 15 is 0 Å². The molecule has 4 heterocycles. The number of aryl methyl sites for hydroxylation is 1. The van der Waals surface area contributed by atoms with Gasteiger partial charge in [-0.1, -0.05) is 6.07 Å². The van der Waals surface area contributed by atoms with Gasteiger partial charge >= 0.3 is 11.8 Å². The number of nitrogens with one attached hydrogen (secondary N) is 1. The Morgan fingerprint density at radius 2 is 1.93 bits per heavy atom. The van der Waals surface area contributed by atoms with Gasteiger partial charge in [0.05, 0.1) is 18.8 Å². The maximum Gasteiger partial charge on any atom is 0.312 e. The molecule has 216 valence electrons. The Balaban J connectivity index is 1.40. The first kappa shape index (κ1) is 27.9. The van der Waals surface area contributed by atoms with Gasteiger partial charge in [-0.05, 0) is 24.6 Å². The van der Waals surface area contributed by atoms with Crippen LogP contribution in [0.15, 0.2) is 29.3 Å². The first-order chi connectivity index (χ1) is 19.5. The molecule has 3 aromatic rings. The summed E-state index contributed by atoms with van der Waals surface area (Å²) in [6, 6.07) is 3.98. The van der Waals surface area contributed by atoms with Crippen LogP contribution < -0.4 is 10.9 Å². The second-order valence-electron chi connectivity index (χ2n) is 10.1. The number of carbonyl (C=O) groups excluding carboxylic acids is 3. The Kier molecular flexibility index (Phi) is 7.29. The van der Waals surface area contributed by atoms with Crippen molar-refractivity contribution in [3.05, 3.63) is 63.6 Å². The highest BCUT2D eigenvalue weighted by atomic mass is 19.1. The van der Waals surface area contributed by atoms with Crippen molar-refractivity contribution in [1.82, 2.24) is 39.4 Å². The first-order valence-corrected chi connectivity index (χ1v) is 12.9. The number of nitrogens with zero attached hydrogens (tertiary/aromatic N) is 7. The number of hydrogen-bond acceptors (Lipinski definition) is 9. The molecule has 5 rings (SSSR count). The van der Waals surface area contributed by atoms with Crippen molar-refractivity contribution < 1.29 is 28.6 Å². The lowest BCUT2D eigenvalue weighted by molar-refractivity contribution is -0.157. The van der Waals surface area contributed by atoms with Gasteiger partial charge < -0.3 is 25.0 Å². The highest BCUT2D eigenvalue weighted by Crippen LogP contribution is 2.38. The van der Waals surface area contributed by atoms with Crippen LogP contribution in [0.3, 0.4) is 0 Å². The third kappa shape index (κ3) is 5.03. The zero-order valence-electron chi connectivity index (χ0n) is 22.8. The van der Waals surface area contributed by atoms with Gasteiger partial charge in [-0.2, -0.15) is 5.10 Å². The van der Waals surface area contributed by atoms with Crippen molar-refractivity contribution in [2.45, 2.75) is 38.5 Å². The van der Waals surface area contributed by atoms with Crippen LogP contribution in [-0.4, -0.2) is 90.7 Å². The molecule has 0 radical (unpaired) electrons. The predicted octanol–water partition coefficient (Wildman–Crippen LogP) is -0.157. The van der Waals surface area contributed by atoms with Crippen molar-refractivity contribution >= 4 is 17.7 Å². The molecule has 0 bridgehead atoms. The van der Waals surface area contributed by atoms with Crippen LogP contribution in [0.4, 0.5) is 4.39 Å². The van der Waals surface area contributed by atoms with Gasteiger partial charge in [0.25, 0.3) is 11.5 Å². The van der Waals surface area contributed by atoms with Crippen LogP contribution in [-0.2, 0) is 33.0 Å². The van der Waals surface area contributed by atoms with Gasteiger partial charge in [-0.15, -0.1) is 0 Å². The van der Waals surface area contributed by atoms with E-state index in [2.05, 4.69) is 20.4 Å². The predicted molar refractivity (Wildman–Crippen MR) is 140 cm³/mol. The Bertz CT molecular complexity index is 1590. The van der Waals surface area contributed by atoms with Crippen molar-refractivity contribution in [3.63, 3.8) is 0 Å². The number of hydrogen-bond donors (Lipinski definition) is 2. The Hall–Kier alpha value is -4.66. The molecule has 0 unspecified atom stereocenters. The summed E-state index contributed by atoms with van der Waals surface area (Å²) in [7, 11) is 2.99. The zero-order valence-corrected chi connectivity index (χ0v) is 22.8. The molecule has 1 fully saturated rings. The maximum atomic E-state index is 14.0. The summed E-state index contributed by atoms with van der Waals surface area (Å²) < 4.78 is 22.8. The van der Waals surface area contributed by atoms with Crippen molar-refractivity contribution in [1.29, 1.82) is 0 Å². The number of carbonyl (C=O) groups is 3. The number of benzene rings is 1. The molecule has 3 amide bonds. The van der Waals surface area contributed by atoms with Crippen molar-refractivity contribution in [2.75, 3.05) is 33.8 Å². The van der Waals surface area contributed by atoms with Gasteiger partial charge in [0.2, 0.25) is 5.75 Å². The fourth-order valence-electron chi connectivity index (χ4n) is 5.10. The molecule has 15 heteroatoms. The highest BCUT2D eigenvalue weighted by molar-refractivity contribution is 6.34. The minimum Gasteiger partial charge on any atom is -0.501 e. The largest absolute Gasteiger partial charge is 0.501 e. The molecule has 1 aromatic carbocycles. The number of rotatable bonds is 4. The maximum absolute atomic E-state index is 14.0. The van der Waals surface area contributed by atoms with Crippen LogP contribution in [0.2, 0.25) is 0 Å². The summed E-state index contributed by atoms with van der Waals surface area (Å²) in [5.41, 5.74) is -1.49. The lowest BCUT2D eigenvalue weighted by Crippen LogP contribution is -2.54. The number of aromatic nitrogens is 5. The van der Waals surface area contributed by atoms with E-state index in [1.165, 1.54) is 57.7 Å². The Labute approximate surface area is 233 Å². The summed E-state index contributed by atoms with van der Waals surface area (Å²) in [6.45, 7) is 2.24. The van der Waals surface area contributed by atoms with Gasteiger partial charge in [0.15, 0.2) is 5.69 Å². The van der Waals surface area contributed by atoms with E-state index in [1.54, 1.807) is 6.92 Å². The highest BCUT2D eigenvalue weighted by Gasteiger charge is 2.45. The molecule has 41 heavy (non-hydrogen) atoms. The van der Waals surface area contributed by atoms with E-state index in [0.717, 1.165) is 0 Å². The van der Waals surface area contributed by atoms with Gasteiger partial charge in [-0.3, -0.25) is 23.7 Å². The fraction of sp³-hybridized carbons (Fsp3) is 0.423. The normalized spacial score (nSPS) is 15.9. The van der Waals surface area contributed by atoms with Crippen molar-refractivity contribution in [3.8, 4) is 11.4 Å². The number of likely N-dealkylation sites (N-methyl/N-ethyl adjacent to an activating group) is 1. The fourth-order valence-corrected chi connectivity index (χ4v) is 5.10. The van der Waals surface area contributed by atoms with E-state index in [1.807, 2.05) is 0 Å². The van der Waals surface area contributed by atoms with E-state index in [-0.39, 0.29) is 51.5 Å². The summed E-state index contributed by atoms with van der Waals surface area (Å²) in [6.07, 6.45) is 1.78. The molecule has 2 N–H and O–H groups in total. The summed E-state index contributed by atoms with van der Waals surface area (Å²) in [5, 5.41) is 17.4. The number of piperidine rings is 1. The standard InChI is InChI=1S/C26H29FN8O6/c1-15-29-14-30-35(15)18-12-17(27)5-4-16(18)13-28-21(37)19-20(36)22(38)34-10-11-41-26(25(34)31-19)6-8-33(9-7-26)24(40)23(39)32(2)3/h4-5,12,14,36H,6-11,13H2,1-3H3,(H,28,37). The number of fused-ring (bicyclic) bond motifs is 2. The average Bonchev–Trinajstić information content (AvgIpc) is 3.39. The lowest BCUT2D eigenvalue weighted by atomic mass is 9.88. The molecular weight excluding hydrogens is 539 g/mol. The summed E-state index contributed by atoms with van der Waals surface area (Å²) in [5.74, 6) is -2.74. The molecular formula is C26H29FN8O6. The van der Waals surface area contributed by atoms with E-state index < -0.39 is 46.1 Å². The zero-order chi connectivity index (χ0) is 29.5. The Morgan fingerprint density at radius 3 is 2.59 bits per heavy atom. The number of halogens is 1. The third-order valence-corrected chi connectivity index (χ3v) is 7.34. The van der Waals surface area contributed by atoms with Gasteiger partial charge in [0, 0.05) is 46.6 Å². The SMILES string of the molecule is Cc1ncnn1-c1cc(F)ccc1CNC(=O)c1nc2n(c(=O)c1O)CCOC21CCN(C(=O)C(=O)N(C)C)CC1. The first-order valence-electron chi connectivity index (χ1n) is 12.9. The van der Waals surface area contributed by atoms with Crippen LogP contribution in [0.5, 0.6) is 5.75 Å². The smallest absolute Gasteiger partial charge is 0.312 e. The molecule has 1 spiro atoms. The van der Waals surface area contributed by atoms with Crippen molar-refractivity contribution in [2.24, 2.45) is 0 Å². The van der Waals surface area contributed by atoms with E-state index in [4.69, 9.17) is 4.74 Å². The molecule has 14 nitrogen and oxygen atoms in total. The van der Waals surface area contributed by atoms with Crippen LogP contribution in [0.1, 0.15) is 40.5 Å². The number of likely N-dealkylation sites (tertiary alicyclic amines) is 1. The second-order valence-corrected chi connectivity index (χ2v) is 10.1. The number of amides is 3. The molecule has 0 atom stereocenters. The van der Waals surface area contributed by atoms with E-state index in [0.29, 0.717) is 17.1 Å².